The van der Waals surface area contributed by atoms with Crippen molar-refractivity contribution in [1.29, 1.82) is 0 Å². The molecule has 2 aromatic heterocycles. The Morgan fingerprint density at radius 3 is 2.47 bits per heavy atom. The van der Waals surface area contributed by atoms with E-state index >= 15 is 0 Å². The zero-order valence-electron chi connectivity index (χ0n) is 21.3. The van der Waals surface area contributed by atoms with E-state index in [4.69, 9.17) is 4.74 Å². The number of likely N-dealkylation sites (N-methyl/N-ethyl adjacent to an activating group) is 1. The lowest BCUT2D eigenvalue weighted by Crippen LogP contribution is -2.32. The number of ether oxygens (including phenoxy) is 1. The van der Waals surface area contributed by atoms with Gasteiger partial charge in [-0.2, -0.15) is 0 Å². The smallest absolute Gasteiger partial charge is 0.289 e. The van der Waals surface area contributed by atoms with Crippen molar-refractivity contribution in [3.05, 3.63) is 100.0 Å². The van der Waals surface area contributed by atoms with Crippen molar-refractivity contribution in [2.24, 2.45) is 0 Å². The molecule has 4 rings (SSSR count). The molecule has 0 saturated heterocycles. The molecule has 0 aliphatic rings. The van der Waals surface area contributed by atoms with Gasteiger partial charge in [-0.1, -0.05) is 42.5 Å². The van der Waals surface area contributed by atoms with Crippen molar-refractivity contribution in [3.63, 3.8) is 0 Å². The number of sulfonamides is 1. The average Bonchev–Trinajstić information content (AvgIpc) is 3.25. The van der Waals surface area contributed by atoms with Crippen molar-refractivity contribution in [2.45, 2.75) is 31.1 Å². The van der Waals surface area contributed by atoms with Crippen molar-refractivity contribution in [3.8, 4) is 5.75 Å². The van der Waals surface area contributed by atoms with Crippen LogP contribution in [0.4, 0.5) is 5.69 Å². The molecule has 0 fully saturated rings. The Morgan fingerprint density at radius 2 is 1.79 bits per heavy atom. The van der Waals surface area contributed by atoms with E-state index in [0.717, 1.165) is 15.9 Å². The van der Waals surface area contributed by atoms with Gasteiger partial charge in [0, 0.05) is 38.2 Å². The molecule has 0 saturated carbocycles. The molecule has 10 nitrogen and oxygen atoms in total. The molecule has 0 unspecified atom stereocenters. The van der Waals surface area contributed by atoms with Gasteiger partial charge in [-0.05, 0) is 37.6 Å². The largest absolute Gasteiger partial charge is 0.490 e. The van der Waals surface area contributed by atoms with Gasteiger partial charge in [-0.3, -0.25) is 19.3 Å². The molecule has 0 N–H and O–H groups in total. The third-order valence-corrected chi connectivity index (χ3v) is 8.15. The van der Waals surface area contributed by atoms with Crippen LogP contribution in [0.2, 0.25) is 0 Å². The number of nitrogens with zero attached hydrogens (tertiary/aromatic N) is 4. The maximum absolute atomic E-state index is 13.7. The standard InChI is InChI=1S/C27H28N4O6S/c1-4-37-24-14-10-16-30-26(19(2)28-27(24)30)23(32)17-21(20-11-6-5-7-12-20)18-29(3)38(35,36)25-15-9-8-13-22(25)31(33)34/h5-16,21H,4,17-18H2,1-3H3/t21-/m0/s1. The number of aromatic nitrogens is 2. The van der Waals surface area contributed by atoms with Crippen LogP contribution >= 0.6 is 0 Å². The quantitative estimate of drug-likeness (QED) is 0.156. The number of hydrogen-bond donors (Lipinski definition) is 0. The molecular formula is C27H28N4O6S. The number of nitro groups is 1. The van der Waals surface area contributed by atoms with Crippen molar-refractivity contribution >= 4 is 27.1 Å². The van der Waals surface area contributed by atoms with Gasteiger partial charge in [-0.25, -0.2) is 17.7 Å². The van der Waals surface area contributed by atoms with Crippen LogP contribution in [0.3, 0.4) is 0 Å². The molecule has 1 atom stereocenters. The molecule has 4 aromatic rings. The number of Topliss-reactive ketones (excluding diaryl/α,β-unsaturated/α-hetero) is 1. The number of carbonyl (C=O) groups is 1. The Morgan fingerprint density at radius 1 is 1.11 bits per heavy atom. The topological polar surface area (TPSA) is 124 Å². The lowest BCUT2D eigenvalue weighted by atomic mass is 9.92. The zero-order valence-corrected chi connectivity index (χ0v) is 22.1. The Balaban J connectivity index is 1.68. The summed E-state index contributed by atoms with van der Waals surface area (Å²) in [5.41, 5.74) is 1.73. The van der Waals surface area contributed by atoms with Crippen LogP contribution < -0.4 is 4.74 Å². The molecule has 198 valence electrons. The minimum atomic E-state index is -4.22. The average molecular weight is 537 g/mol. The Bertz CT molecular complexity index is 1580. The van der Waals surface area contributed by atoms with Crippen LogP contribution in [0, 0.1) is 17.0 Å². The molecule has 11 heteroatoms. The maximum atomic E-state index is 13.7. The number of fused-ring (bicyclic) bond motifs is 1. The monoisotopic (exact) mass is 536 g/mol. The number of rotatable bonds is 11. The van der Waals surface area contributed by atoms with Crippen LogP contribution in [0.1, 0.15) is 41.0 Å². The highest BCUT2D eigenvalue weighted by molar-refractivity contribution is 7.89. The van der Waals surface area contributed by atoms with Crippen LogP contribution in [0.25, 0.3) is 5.65 Å². The van der Waals surface area contributed by atoms with E-state index in [9.17, 15) is 23.3 Å². The second-order valence-corrected chi connectivity index (χ2v) is 10.8. The molecule has 2 aromatic carbocycles. The van der Waals surface area contributed by atoms with Gasteiger partial charge >= 0.3 is 0 Å². The summed E-state index contributed by atoms with van der Waals surface area (Å²) >= 11 is 0. The number of pyridine rings is 1. The van der Waals surface area contributed by atoms with E-state index in [0.29, 0.717) is 29.4 Å². The zero-order chi connectivity index (χ0) is 27.4. The highest BCUT2D eigenvalue weighted by atomic mass is 32.2. The highest BCUT2D eigenvalue weighted by Crippen LogP contribution is 2.30. The summed E-state index contributed by atoms with van der Waals surface area (Å²) in [5, 5.41) is 11.5. The van der Waals surface area contributed by atoms with Gasteiger partial charge in [0.2, 0.25) is 10.0 Å². The third-order valence-electron chi connectivity index (χ3n) is 6.28. The van der Waals surface area contributed by atoms with E-state index in [1.165, 1.54) is 25.2 Å². The Kier molecular flexibility index (Phi) is 7.88. The van der Waals surface area contributed by atoms with E-state index in [2.05, 4.69) is 4.98 Å². The number of carbonyl (C=O) groups excluding carboxylic acids is 1. The fourth-order valence-electron chi connectivity index (χ4n) is 4.50. The number of aryl methyl sites for hydroxylation is 1. The first-order valence-electron chi connectivity index (χ1n) is 12.0. The van der Waals surface area contributed by atoms with Gasteiger partial charge in [-0.15, -0.1) is 0 Å². The first-order chi connectivity index (χ1) is 18.1. The summed E-state index contributed by atoms with van der Waals surface area (Å²) < 4.78 is 35.2. The van der Waals surface area contributed by atoms with Crippen molar-refractivity contribution < 1.29 is 22.9 Å². The number of ketones is 1. The summed E-state index contributed by atoms with van der Waals surface area (Å²) in [5.74, 6) is -0.174. The molecule has 0 spiro atoms. The first-order valence-corrected chi connectivity index (χ1v) is 13.5. The fraction of sp³-hybridized carbons (Fsp3) is 0.259. The summed E-state index contributed by atoms with van der Waals surface area (Å²) in [6, 6.07) is 17.9. The Labute approximate surface area is 220 Å². The summed E-state index contributed by atoms with van der Waals surface area (Å²) in [7, 11) is -2.85. The summed E-state index contributed by atoms with van der Waals surface area (Å²) in [4.78, 5) is 28.6. The minimum Gasteiger partial charge on any atom is -0.490 e. The molecular weight excluding hydrogens is 508 g/mol. The Hall–Kier alpha value is -4.09. The number of imidazole rings is 1. The van der Waals surface area contributed by atoms with Crippen LogP contribution in [-0.4, -0.2) is 53.0 Å². The van der Waals surface area contributed by atoms with Gasteiger partial charge < -0.3 is 4.74 Å². The normalized spacial score (nSPS) is 12.5. The lowest BCUT2D eigenvalue weighted by molar-refractivity contribution is -0.387. The molecule has 0 amide bonds. The van der Waals surface area contributed by atoms with Gasteiger partial charge in [0.15, 0.2) is 22.1 Å². The van der Waals surface area contributed by atoms with E-state index < -0.39 is 31.4 Å². The predicted molar refractivity (Wildman–Crippen MR) is 142 cm³/mol. The number of hydrogen-bond acceptors (Lipinski definition) is 7. The molecule has 0 bridgehead atoms. The molecule has 0 aliphatic heterocycles. The summed E-state index contributed by atoms with van der Waals surface area (Å²) in [6.45, 7) is 4.00. The van der Waals surface area contributed by atoms with E-state index in [-0.39, 0.29) is 18.7 Å². The van der Waals surface area contributed by atoms with Crippen LogP contribution in [0.5, 0.6) is 5.75 Å². The third kappa shape index (κ3) is 5.29. The molecule has 0 aliphatic carbocycles. The van der Waals surface area contributed by atoms with Crippen molar-refractivity contribution in [2.75, 3.05) is 20.2 Å². The van der Waals surface area contributed by atoms with Gasteiger partial charge in [0.1, 0.15) is 5.69 Å². The summed E-state index contributed by atoms with van der Waals surface area (Å²) in [6.07, 6.45) is 1.74. The van der Waals surface area contributed by atoms with Gasteiger partial charge in [0.25, 0.3) is 5.69 Å². The van der Waals surface area contributed by atoms with E-state index in [1.807, 2.05) is 37.3 Å². The number of benzene rings is 2. The molecule has 0 radical (unpaired) electrons. The van der Waals surface area contributed by atoms with E-state index in [1.54, 1.807) is 29.7 Å². The maximum Gasteiger partial charge on any atom is 0.289 e. The van der Waals surface area contributed by atoms with Crippen LogP contribution in [0.15, 0.2) is 77.8 Å². The second kappa shape index (κ2) is 11.1. The minimum absolute atomic E-state index is 0.00570. The molecule has 2 heterocycles. The lowest BCUT2D eigenvalue weighted by Gasteiger charge is -2.24. The number of para-hydroxylation sites is 1. The predicted octanol–water partition coefficient (Wildman–Crippen LogP) is 4.63. The number of nitro benzene ring substituents is 1. The van der Waals surface area contributed by atoms with Crippen LogP contribution in [-0.2, 0) is 10.0 Å². The van der Waals surface area contributed by atoms with Crippen molar-refractivity contribution in [1.82, 2.24) is 13.7 Å². The van der Waals surface area contributed by atoms with Gasteiger partial charge in [0.05, 0.1) is 17.2 Å². The molecule has 38 heavy (non-hydrogen) atoms. The first kappa shape index (κ1) is 27.0. The highest BCUT2D eigenvalue weighted by Gasteiger charge is 2.32. The second-order valence-electron chi connectivity index (χ2n) is 8.79. The fourth-order valence-corrected chi connectivity index (χ4v) is 5.87. The SMILES string of the molecule is CCOc1cccn2c(C(=O)C[C@@H](CN(C)S(=O)(=O)c3ccccc3[N+](=O)[O-])c3ccccc3)c(C)nc12.